The van der Waals surface area contributed by atoms with Crippen LogP contribution < -0.4 is 0 Å². The molecule has 0 aromatic carbocycles. The highest BCUT2D eigenvalue weighted by atomic mass is 19.1. The summed E-state index contributed by atoms with van der Waals surface area (Å²) < 4.78 is 18.6. The van der Waals surface area contributed by atoms with Crippen LogP contribution in [0.2, 0.25) is 0 Å². The molecule has 1 heterocycles. The predicted octanol–water partition coefficient (Wildman–Crippen LogP) is 3.00. The molecule has 0 radical (unpaired) electrons. The summed E-state index contributed by atoms with van der Waals surface area (Å²) in [5.41, 5.74) is -0.492. The maximum atomic E-state index is 13.1. The topological polar surface area (TPSA) is 39.2 Å². The molecule has 98 valence electrons. The number of pyridine rings is 1. The lowest BCUT2D eigenvalue weighted by Gasteiger charge is -2.36. The number of ketones is 1. The molecular weight excluding hydrogens is 233 g/mol. The van der Waals surface area contributed by atoms with Crippen molar-refractivity contribution in [3.05, 3.63) is 29.8 Å². The summed E-state index contributed by atoms with van der Waals surface area (Å²) in [5.74, 6) is -0.0214. The maximum absolute atomic E-state index is 13.1. The molecule has 1 aliphatic rings. The van der Waals surface area contributed by atoms with Gasteiger partial charge in [0.1, 0.15) is 11.4 Å². The molecular formula is C14H18FNO2. The van der Waals surface area contributed by atoms with Crippen molar-refractivity contribution in [1.29, 1.82) is 0 Å². The van der Waals surface area contributed by atoms with E-state index in [9.17, 15) is 9.18 Å². The fraction of sp³-hybridized carbons (Fsp3) is 0.571. The van der Waals surface area contributed by atoms with Crippen molar-refractivity contribution in [3.8, 4) is 0 Å². The largest absolute Gasteiger partial charge is 0.370 e. The molecule has 0 N–H and O–H groups in total. The summed E-state index contributed by atoms with van der Waals surface area (Å²) in [5, 5.41) is 0. The van der Waals surface area contributed by atoms with Gasteiger partial charge in [0, 0.05) is 18.9 Å². The number of methoxy groups -OCH3 is 1. The second-order valence-corrected chi connectivity index (χ2v) is 5.10. The maximum Gasteiger partial charge on any atom is 0.196 e. The summed E-state index contributed by atoms with van der Waals surface area (Å²) in [7, 11) is 1.56. The number of nitrogens with zero attached hydrogens (tertiary/aromatic N) is 1. The van der Waals surface area contributed by atoms with Crippen molar-refractivity contribution in [1.82, 2.24) is 4.98 Å². The first-order chi connectivity index (χ1) is 8.57. The molecule has 0 saturated heterocycles. The third kappa shape index (κ3) is 2.43. The Morgan fingerprint density at radius 2 is 2.11 bits per heavy atom. The molecule has 0 atom stereocenters. The molecule has 2 rings (SSSR count). The first kappa shape index (κ1) is 13.1. The molecule has 0 amide bonds. The average Bonchev–Trinajstić information content (AvgIpc) is 2.39. The third-order valence-electron chi connectivity index (χ3n) is 3.85. The van der Waals surface area contributed by atoms with Gasteiger partial charge in [0.05, 0.1) is 6.20 Å². The van der Waals surface area contributed by atoms with Crippen LogP contribution >= 0.6 is 0 Å². The Morgan fingerprint density at radius 3 is 2.67 bits per heavy atom. The van der Waals surface area contributed by atoms with E-state index in [0.717, 1.165) is 19.0 Å². The molecule has 0 bridgehead atoms. The summed E-state index contributed by atoms with van der Waals surface area (Å²) >= 11 is 0. The highest BCUT2D eigenvalue weighted by Gasteiger charge is 2.41. The first-order valence-corrected chi connectivity index (χ1v) is 6.28. The monoisotopic (exact) mass is 251 g/mol. The fourth-order valence-electron chi connectivity index (χ4n) is 2.55. The summed E-state index contributed by atoms with van der Waals surface area (Å²) in [6.07, 6.45) is 5.81. The Balaban J connectivity index is 2.25. The number of hydrogen-bond donors (Lipinski definition) is 0. The first-order valence-electron chi connectivity index (χ1n) is 6.28. The van der Waals surface area contributed by atoms with Gasteiger partial charge in [-0.25, -0.2) is 4.39 Å². The number of aromatic nitrogens is 1. The van der Waals surface area contributed by atoms with Gasteiger partial charge in [-0.1, -0.05) is 6.92 Å². The Kier molecular flexibility index (Phi) is 3.76. The molecule has 1 saturated carbocycles. The Morgan fingerprint density at radius 1 is 1.44 bits per heavy atom. The van der Waals surface area contributed by atoms with Crippen LogP contribution in [0.25, 0.3) is 0 Å². The Bertz CT molecular complexity index is 439. The van der Waals surface area contributed by atoms with Crippen molar-refractivity contribution in [2.45, 2.75) is 38.2 Å². The number of carbonyl (C=O) groups excluding carboxylic acids is 1. The third-order valence-corrected chi connectivity index (χ3v) is 3.85. The van der Waals surface area contributed by atoms with Crippen molar-refractivity contribution in [2.75, 3.05) is 7.11 Å². The molecule has 1 fully saturated rings. The Labute approximate surface area is 106 Å². The lowest BCUT2D eigenvalue weighted by atomic mass is 9.75. The number of hydrogen-bond acceptors (Lipinski definition) is 3. The smallest absolute Gasteiger partial charge is 0.196 e. The van der Waals surface area contributed by atoms with Crippen LogP contribution in [0.3, 0.4) is 0 Å². The van der Waals surface area contributed by atoms with E-state index in [1.165, 1.54) is 12.3 Å². The second kappa shape index (κ2) is 5.14. The van der Waals surface area contributed by atoms with Crippen LogP contribution in [0.1, 0.15) is 43.0 Å². The van der Waals surface area contributed by atoms with Gasteiger partial charge >= 0.3 is 0 Å². The summed E-state index contributed by atoms with van der Waals surface area (Å²) in [6.45, 7) is 2.17. The van der Waals surface area contributed by atoms with Gasteiger partial charge in [0.15, 0.2) is 5.78 Å². The van der Waals surface area contributed by atoms with E-state index in [4.69, 9.17) is 4.74 Å². The molecule has 1 aliphatic carbocycles. The van der Waals surface area contributed by atoms with Crippen LogP contribution in [0.4, 0.5) is 4.39 Å². The van der Waals surface area contributed by atoms with E-state index in [2.05, 4.69) is 11.9 Å². The molecule has 3 nitrogen and oxygen atoms in total. The van der Waals surface area contributed by atoms with Gasteiger partial charge in [0.2, 0.25) is 0 Å². The summed E-state index contributed by atoms with van der Waals surface area (Å²) in [4.78, 5) is 16.2. The Hall–Kier alpha value is -1.29. The number of halogens is 1. The minimum Gasteiger partial charge on any atom is -0.370 e. The average molecular weight is 251 g/mol. The van der Waals surface area contributed by atoms with Gasteiger partial charge in [-0.05, 0) is 37.7 Å². The van der Waals surface area contributed by atoms with Crippen molar-refractivity contribution < 1.29 is 13.9 Å². The van der Waals surface area contributed by atoms with Gasteiger partial charge < -0.3 is 4.74 Å². The van der Waals surface area contributed by atoms with E-state index < -0.39 is 11.4 Å². The normalized spacial score (nSPS) is 28.1. The van der Waals surface area contributed by atoms with Crippen molar-refractivity contribution in [2.24, 2.45) is 5.92 Å². The van der Waals surface area contributed by atoms with Crippen LogP contribution in [0.15, 0.2) is 18.5 Å². The van der Waals surface area contributed by atoms with Crippen LogP contribution in [0.5, 0.6) is 0 Å². The van der Waals surface area contributed by atoms with Gasteiger partial charge in [-0.2, -0.15) is 0 Å². The quantitative estimate of drug-likeness (QED) is 0.775. The van der Waals surface area contributed by atoms with Crippen LogP contribution in [-0.2, 0) is 4.74 Å². The second-order valence-electron chi connectivity index (χ2n) is 5.10. The zero-order chi connectivity index (χ0) is 13.2. The molecule has 0 aliphatic heterocycles. The predicted molar refractivity (Wildman–Crippen MR) is 65.9 cm³/mol. The van der Waals surface area contributed by atoms with E-state index in [1.807, 2.05) is 0 Å². The van der Waals surface area contributed by atoms with Crippen LogP contribution in [-0.4, -0.2) is 23.5 Å². The van der Waals surface area contributed by atoms with Gasteiger partial charge in [-0.15, -0.1) is 0 Å². The highest BCUT2D eigenvalue weighted by Crippen LogP contribution is 2.36. The molecule has 1 aromatic heterocycles. The minimum absolute atomic E-state index is 0.149. The number of ether oxygens (including phenoxy) is 1. The number of Topliss-reactive ketones (excluding diaryl/α,β-unsaturated/α-hetero) is 1. The zero-order valence-electron chi connectivity index (χ0n) is 10.8. The highest BCUT2D eigenvalue weighted by molar-refractivity contribution is 6.02. The van der Waals surface area contributed by atoms with E-state index in [-0.39, 0.29) is 5.78 Å². The summed E-state index contributed by atoms with van der Waals surface area (Å²) in [6, 6.07) is 1.23. The molecule has 1 aromatic rings. The van der Waals surface area contributed by atoms with Crippen molar-refractivity contribution in [3.63, 3.8) is 0 Å². The standard InChI is InChI=1S/C14H18FNO2/c1-10-3-5-14(18-2,6-4-10)13(17)11-7-12(15)9-16-8-11/h7-10H,3-6H2,1-2H3. The molecule has 0 spiro atoms. The van der Waals surface area contributed by atoms with Gasteiger partial charge in [0.25, 0.3) is 0 Å². The molecule has 0 unspecified atom stereocenters. The van der Waals surface area contributed by atoms with Crippen molar-refractivity contribution >= 4 is 5.78 Å². The lowest BCUT2D eigenvalue weighted by Crippen LogP contribution is -2.44. The minimum atomic E-state index is -0.790. The number of rotatable bonds is 3. The fourth-order valence-corrected chi connectivity index (χ4v) is 2.55. The van der Waals surface area contributed by atoms with Gasteiger partial charge in [-0.3, -0.25) is 9.78 Å². The SMILES string of the molecule is COC1(C(=O)c2cncc(F)c2)CCC(C)CC1. The van der Waals surface area contributed by atoms with E-state index in [1.54, 1.807) is 7.11 Å². The van der Waals surface area contributed by atoms with E-state index >= 15 is 0 Å². The lowest BCUT2D eigenvalue weighted by molar-refractivity contribution is -0.0263. The molecule has 4 heteroatoms. The number of carbonyl (C=O) groups is 1. The molecule has 18 heavy (non-hydrogen) atoms. The zero-order valence-corrected chi connectivity index (χ0v) is 10.8. The van der Waals surface area contributed by atoms with E-state index in [0.29, 0.717) is 24.3 Å². The van der Waals surface area contributed by atoms with Crippen LogP contribution in [0, 0.1) is 11.7 Å².